The number of carbonyl (C=O) groups excluding carboxylic acids is 3. The average molecular weight is 391 g/mol. The van der Waals surface area contributed by atoms with Crippen LogP contribution in [-0.2, 0) is 28.8 Å². The molecule has 1 aliphatic rings. The van der Waals surface area contributed by atoms with E-state index in [0.29, 0.717) is 28.4 Å². The van der Waals surface area contributed by atoms with Crippen molar-refractivity contribution in [1.82, 2.24) is 5.16 Å². The molecule has 3 rings (SSSR count). The van der Waals surface area contributed by atoms with Crippen LogP contribution in [0.1, 0.15) is 62.9 Å². The fourth-order valence-corrected chi connectivity index (χ4v) is 4.46. The molecule has 0 aliphatic heterocycles. The second-order valence-electron chi connectivity index (χ2n) is 6.38. The minimum absolute atomic E-state index is 0.241. The van der Waals surface area contributed by atoms with Crippen molar-refractivity contribution in [1.29, 1.82) is 0 Å². The number of esters is 1. The molecule has 0 saturated heterocycles. The highest BCUT2D eigenvalue weighted by Gasteiger charge is 2.29. The van der Waals surface area contributed by atoms with Gasteiger partial charge in [0.05, 0.1) is 11.3 Å². The van der Waals surface area contributed by atoms with Crippen molar-refractivity contribution in [3.05, 3.63) is 33.0 Å². The van der Waals surface area contributed by atoms with Gasteiger partial charge in [-0.05, 0) is 45.1 Å². The zero-order valence-corrected chi connectivity index (χ0v) is 16.2. The van der Waals surface area contributed by atoms with Crippen molar-refractivity contribution in [2.75, 3.05) is 5.32 Å². The topological polar surface area (TPSA) is 125 Å². The third-order valence-electron chi connectivity index (χ3n) is 4.53. The molecule has 2 amide bonds. The van der Waals surface area contributed by atoms with E-state index in [-0.39, 0.29) is 5.56 Å². The molecule has 0 bridgehead atoms. The van der Waals surface area contributed by atoms with Crippen molar-refractivity contribution in [2.24, 2.45) is 5.73 Å². The number of aromatic nitrogens is 1. The highest BCUT2D eigenvalue weighted by Crippen LogP contribution is 2.38. The van der Waals surface area contributed by atoms with E-state index < -0.39 is 23.9 Å². The number of carbonyl (C=O) groups is 3. The molecule has 0 fully saturated rings. The van der Waals surface area contributed by atoms with E-state index in [2.05, 4.69) is 10.5 Å². The monoisotopic (exact) mass is 391 g/mol. The molecule has 27 heavy (non-hydrogen) atoms. The molecule has 1 atom stereocenters. The number of hydrogen-bond acceptors (Lipinski definition) is 7. The van der Waals surface area contributed by atoms with Gasteiger partial charge in [0.2, 0.25) is 0 Å². The van der Waals surface area contributed by atoms with Crippen LogP contribution in [0.5, 0.6) is 0 Å². The number of amides is 2. The fraction of sp³-hybridized carbons (Fsp3) is 0.444. The predicted molar refractivity (Wildman–Crippen MR) is 99.0 cm³/mol. The van der Waals surface area contributed by atoms with Crippen LogP contribution < -0.4 is 11.1 Å². The number of fused-ring (bicyclic) bond motifs is 1. The molecule has 9 heteroatoms. The highest BCUT2D eigenvalue weighted by atomic mass is 32.1. The summed E-state index contributed by atoms with van der Waals surface area (Å²) in [6.07, 6.45) is 2.06. The van der Waals surface area contributed by atoms with E-state index in [4.69, 9.17) is 15.0 Å². The molecule has 2 heterocycles. The number of nitrogens with zero attached hydrogens (tertiary/aromatic N) is 1. The highest BCUT2D eigenvalue weighted by molar-refractivity contribution is 7.17. The standard InChI is InChI=1S/C18H21N3O5S/c1-4-11-13(8(2)26-21-11)18(24)25-9(3)16(23)20-17-14(15(19)22)10-6-5-7-12(10)27-17/h9H,4-7H2,1-3H3,(H2,19,22)(H,20,23)/t9-/m0/s1. The summed E-state index contributed by atoms with van der Waals surface area (Å²) in [6, 6.07) is 0. The van der Waals surface area contributed by atoms with E-state index in [0.717, 1.165) is 29.7 Å². The van der Waals surface area contributed by atoms with Crippen LogP contribution in [0.25, 0.3) is 0 Å². The number of primary amides is 1. The summed E-state index contributed by atoms with van der Waals surface area (Å²) in [4.78, 5) is 37.8. The van der Waals surface area contributed by atoms with Gasteiger partial charge in [0.15, 0.2) is 6.10 Å². The summed E-state index contributed by atoms with van der Waals surface area (Å²) >= 11 is 1.35. The molecule has 0 spiro atoms. The van der Waals surface area contributed by atoms with Gasteiger partial charge in [-0.3, -0.25) is 9.59 Å². The Morgan fingerprint density at radius 2 is 2.07 bits per heavy atom. The van der Waals surface area contributed by atoms with Crippen LogP contribution in [0.3, 0.4) is 0 Å². The number of anilines is 1. The van der Waals surface area contributed by atoms with Crippen molar-refractivity contribution in [3.8, 4) is 0 Å². The van der Waals surface area contributed by atoms with Gasteiger partial charge < -0.3 is 20.3 Å². The molecule has 0 radical (unpaired) electrons. The Bertz CT molecular complexity index is 914. The van der Waals surface area contributed by atoms with Gasteiger partial charge >= 0.3 is 5.97 Å². The van der Waals surface area contributed by atoms with E-state index >= 15 is 0 Å². The number of hydrogen-bond donors (Lipinski definition) is 2. The van der Waals surface area contributed by atoms with Crippen LogP contribution >= 0.6 is 11.3 Å². The number of ether oxygens (including phenoxy) is 1. The SMILES string of the molecule is CCc1noc(C)c1C(=O)O[C@@H](C)C(=O)Nc1sc2c(c1C(N)=O)CCC2. The number of nitrogens with one attached hydrogen (secondary N) is 1. The maximum atomic E-state index is 12.5. The Hall–Kier alpha value is -2.68. The Kier molecular flexibility index (Phi) is 5.31. The molecule has 0 saturated carbocycles. The van der Waals surface area contributed by atoms with Gasteiger partial charge in [0, 0.05) is 4.88 Å². The quantitative estimate of drug-likeness (QED) is 0.729. The maximum Gasteiger partial charge on any atom is 0.344 e. The Morgan fingerprint density at radius 3 is 2.74 bits per heavy atom. The first-order valence-corrected chi connectivity index (χ1v) is 9.56. The lowest BCUT2D eigenvalue weighted by Gasteiger charge is -2.13. The predicted octanol–water partition coefficient (Wildman–Crippen LogP) is 2.38. The fourth-order valence-electron chi connectivity index (χ4n) is 3.16. The van der Waals surface area contributed by atoms with Gasteiger partial charge in [-0.25, -0.2) is 4.79 Å². The number of rotatable bonds is 6. The molecule has 0 unspecified atom stereocenters. The number of nitrogens with two attached hydrogens (primary N) is 1. The van der Waals surface area contributed by atoms with Crippen molar-refractivity contribution < 1.29 is 23.6 Å². The molecular weight excluding hydrogens is 370 g/mol. The first-order valence-electron chi connectivity index (χ1n) is 8.74. The van der Waals surface area contributed by atoms with Crippen LogP contribution in [0, 0.1) is 6.92 Å². The number of thiophene rings is 1. The minimum Gasteiger partial charge on any atom is -0.449 e. The molecule has 144 valence electrons. The molecule has 1 aliphatic carbocycles. The Labute approximate surface area is 160 Å². The molecule has 2 aromatic rings. The van der Waals surface area contributed by atoms with Gasteiger partial charge in [-0.2, -0.15) is 0 Å². The maximum absolute atomic E-state index is 12.5. The zero-order valence-electron chi connectivity index (χ0n) is 15.4. The minimum atomic E-state index is -1.06. The van der Waals surface area contributed by atoms with Gasteiger partial charge in [-0.1, -0.05) is 12.1 Å². The van der Waals surface area contributed by atoms with Crippen LogP contribution in [0.4, 0.5) is 5.00 Å². The van der Waals surface area contributed by atoms with Crippen LogP contribution in [0.15, 0.2) is 4.52 Å². The Balaban J connectivity index is 1.73. The molecule has 0 aromatic carbocycles. The number of aryl methyl sites for hydroxylation is 3. The zero-order chi connectivity index (χ0) is 19.7. The molecule has 8 nitrogen and oxygen atoms in total. The molecule has 3 N–H and O–H groups in total. The normalized spacial score (nSPS) is 13.9. The lowest BCUT2D eigenvalue weighted by molar-refractivity contribution is -0.123. The van der Waals surface area contributed by atoms with E-state index in [1.165, 1.54) is 18.3 Å². The van der Waals surface area contributed by atoms with E-state index in [1.807, 2.05) is 6.92 Å². The molecular formula is C18H21N3O5S. The molecule has 2 aromatic heterocycles. The second kappa shape index (κ2) is 7.51. The average Bonchev–Trinajstić information content (AvgIpc) is 3.27. The van der Waals surface area contributed by atoms with Crippen molar-refractivity contribution >= 4 is 34.1 Å². The smallest absolute Gasteiger partial charge is 0.344 e. The van der Waals surface area contributed by atoms with Gasteiger partial charge in [-0.15, -0.1) is 11.3 Å². The van der Waals surface area contributed by atoms with E-state index in [1.54, 1.807) is 6.92 Å². The van der Waals surface area contributed by atoms with Crippen LogP contribution in [-0.4, -0.2) is 29.0 Å². The second-order valence-corrected chi connectivity index (χ2v) is 7.48. The van der Waals surface area contributed by atoms with Crippen LogP contribution in [0.2, 0.25) is 0 Å². The van der Waals surface area contributed by atoms with Gasteiger partial charge in [0.25, 0.3) is 11.8 Å². The Morgan fingerprint density at radius 1 is 1.33 bits per heavy atom. The van der Waals surface area contributed by atoms with Gasteiger partial charge in [0.1, 0.15) is 16.3 Å². The summed E-state index contributed by atoms with van der Waals surface area (Å²) in [6.45, 7) is 4.91. The summed E-state index contributed by atoms with van der Waals surface area (Å²) in [5.74, 6) is -1.42. The summed E-state index contributed by atoms with van der Waals surface area (Å²) in [5, 5.41) is 6.90. The third kappa shape index (κ3) is 3.59. The van der Waals surface area contributed by atoms with E-state index in [9.17, 15) is 14.4 Å². The summed E-state index contributed by atoms with van der Waals surface area (Å²) < 4.78 is 10.3. The first kappa shape index (κ1) is 19.1. The summed E-state index contributed by atoms with van der Waals surface area (Å²) in [7, 11) is 0. The lowest BCUT2D eigenvalue weighted by Crippen LogP contribution is -2.31. The summed E-state index contributed by atoms with van der Waals surface area (Å²) in [5.41, 5.74) is 7.49. The van der Waals surface area contributed by atoms with Crippen molar-refractivity contribution in [2.45, 2.75) is 52.6 Å². The van der Waals surface area contributed by atoms with Crippen molar-refractivity contribution in [3.63, 3.8) is 0 Å². The lowest BCUT2D eigenvalue weighted by atomic mass is 10.1. The largest absolute Gasteiger partial charge is 0.449 e. The third-order valence-corrected chi connectivity index (χ3v) is 5.74. The first-order chi connectivity index (χ1) is 12.8.